The van der Waals surface area contributed by atoms with Crippen LogP contribution in [0.3, 0.4) is 0 Å². The molecule has 16 heavy (non-hydrogen) atoms. The largest absolute Gasteiger partial charge is 0.352 e. The predicted octanol–water partition coefficient (Wildman–Crippen LogP) is 0.993. The summed E-state index contributed by atoms with van der Waals surface area (Å²) < 4.78 is 0. The SMILES string of the molecule is CCC(C#N)C(=O)NC1CCN(C)CC1C. The summed E-state index contributed by atoms with van der Waals surface area (Å²) in [5.74, 6) is -0.142. The number of piperidine rings is 1. The number of amides is 1. The minimum Gasteiger partial charge on any atom is -0.352 e. The second-order valence-corrected chi connectivity index (χ2v) is 4.73. The quantitative estimate of drug-likeness (QED) is 0.776. The number of hydrogen-bond donors (Lipinski definition) is 1. The molecule has 90 valence electrons. The first kappa shape index (κ1) is 13.0. The standard InChI is InChI=1S/C12H21N3O/c1-4-10(7-13)12(16)14-11-5-6-15(3)8-9(11)2/h9-11H,4-6,8H2,1-3H3,(H,14,16). The molecule has 0 spiro atoms. The number of likely N-dealkylation sites (tertiary alicyclic amines) is 1. The molecule has 1 amide bonds. The third kappa shape index (κ3) is 3.21. The van der Waals surface area contributed by atoms with Gasteiger partial charge in [-0.2, -0.15) is 5.26 Å². The monoisotopic (exact) mass is 223 g/mol. The van der Waals surface area contributed by atoms with Crippen molar-refractivity contribution in [3.8, 4) is 6.07 Å². The zero-order chi connectivity index (χ0) is 12.1. The molecule has 1 heterocycles. The molecular weight excluding hydrogens is 202 g/mol. The molecule has 0 aromatic rings. The van der Waals surface area contributed by atoms with Crippen LogP contribution in [0.1, 0.15) is 26.7 Å². The zero-order valence-electron chi connectivity index (χ0n) is 10.4. The van der Waals surface area contributed by atoms with E-state index < -0.39 is 5.92 Å². The molecule has 1 rings (SSSR count). The van der Waals surface area contributed by atoms with Crippen molar-refractivity contribution in [2.45, 2.75) is 32.7 Å². The molecule has 0 saturated carbocycles. The van der Waals surface area contributed by atoms with Crippen LogP contribution in [0.25, 0.3) is 0 Å². The highest BCUT2D eigenvalue weighted by atomic mass is 16.1. The molecule has 3 unspecified atom stereocenters. The fourth-order valence-electron chi connectivity index (χ4n) is 2.19. The summed E-state index contributed by atoms with van der Waals surface area (Å²) in [6, 6.07) is 2.27. The van der Waals surface area contributed by atoms with Crippen LogP contribution in [0.15, 0.2) is 0 Å². The van der Waals surface area contributed by atoms with Gasteiger partial charge in [-0.25, -0.2) is 0 Å². The van der Waals surface area contributed by atoms with Crippen LogP contribution >= 0.6 is 0 Å². The summed E-state index contributed by atoms with van der Waals surface area (Å²) in [6.45, 7) is 6.03. The fourth-order valence-corrected chi connectivity index (χ4v) is 2.19. The lowest BCUT2D eigenvalue weighted by atomic mass is 9.93. The van der Waals surface area contributed by atoms with Crippen LogP contribution in [0, 0.1) is 23.2 Å². The summed E-state index contributed by atoms with van der Waals surface area (Å²) in [7, 11) is 2.10. The van der Waals surface area contributed by atoms with Gasteiger partial charge >= 0.3 is 0 Å². The van der Waals surface area contributed by atoms with Gasteiger partial charge < -0.3 is 10.2 Å². The van der Waals surface area contributed by atoms with Gasteiger partial charge in [-0.1, -0.05) is 13.8 Å². The van der Waals surface area contributed by atoms with Gasteiger partial charge in [-0.05, 0) is 32.4 Å². The lowest BCUT2D eigenvalue weighted by Gasteiger charge is -2.35. The average molecular weight is 223 g/mol. The van der Waals surface area contributed by atoms with Crippen molar-refractivity contribution in [3.63, 3.8) is 0 Å². The highest BCUT2D eigenvalue weighted by Crippen LogP contribution is 2.16. The minimum absolute atomic E-state index is 0.105. The molecule has 1 fully saturated rings. The molecule has 0 aliphatic carbocycles. The summed E-state index contributed by atoms with van der Waals surface area (Å²) in [5, 5.41) is 11.8. The van der Waals surface area contributed by atoms with Gasteiger partial charge in [-0.3, -0.25) is 4.79 Å². The van der Waals surface area contributed by atoms with Crippen LogP contribution in [0.2, 0.25) is 0 Å². The van der Waals surface area contributed by atoms with Crippen LogP contribution in [0.4, 0.5) is 0 Å². The van der Waals surface area contributed by atoms with E-state index in [9.17, 15) is 4.79 Å². The molecule has 0 aromatic carbocycles. The third-order valence-corrected chi connectivity index (χ3v) is 3.32. The Labute approximate surface area is 97.6 Å². The van der Waals surface area contributed by atoms with Crippen LogP contribution < -0.4 is 5.32 Å². The fraction of sp³-hybridized carbons (Fsp3) is 0.833. The third-order valence-electron chi connectivity index (χ3n) is 3.32. The lowest BCUT2D eigenvalue weighted by molar-refractivity contribution is -0.124. The minimum atomic E-state index is -0.494. The molecular formula is C12H21N3O. The zero-order valence-corrected chi connectivity index (χ0v) is 10.4. The maximum absolute atomic E-state index is 11.8. The summed E-state index contributed by atoms with van der Waals surface area (Å²) in [6.07, 6.45) is 1.56. The van der Waals surface area contributed by atoms with Crippen molar-refractivity contribution in [2.24, 2.45) is 11.8 Å². The van der Waals surface area contributed by atoms with E-state index >= 15 is 0 Å². The number of nitriles is 1. The van der Waals surface area contributed by atoms with Gasteiger partial charge in [-0.15, -0.1) is 0 Å². The Balaban J connectivity index is 2.48. The van der Waals surface area contributed by atoms with Crippen molar-refractivity contribution >= 4 is 5.91 Å². The molecule has 0 bridgehead atoms. The Morgan fingerprint density at radius 1 is 1.69 bits per heavy atom. The van der Waals surface area contributed by atoms with E-state index in [0.29, 0.717) is 12.3 Å². The maximum Gasteiger partial charge on any atom is 0.237 e. The topological polar surface area (TPSA) is 56.1 Å². The van der Waals surface area contributed by atoms with E-state index in [-0.39, 0.29) is 11.9 Å². The van der Waals surface area contributed by atoms with Crippen LogP contribution in [-0.2, 0) is 4.79 Å². The number of nitrogens with one attached hydrogen (secondary N) is 1. The van der Waals surface area contributed by atoms with E-state index in [1.807, 2.05) is 13.0 Å². The number of carbonyl (C=O) groups is 1. The first-order valence-corrected chi connectivity index (χ1v) is 5.97. The Kier molecular flexibility index (Phi) is 4.75. The Hall–Kier alpha value is -1.08. The van der Waals surface area contributed by atoms with Gasteiger partial charge in [0.15, 0.2) is 0 Å². The average Bonchev–Trinajstić information content (AvgIpc) is 2.24. The van der Waals surface area contributed by atoms with E-state index in [0.717, 1.165) is 19.5 Å². The molecule has 1 aliphatic rings. The van der Waals surface area contributed by atoms with Gasteiger partial charge in [0.25, 0.3) is 0 Å². The smallest absolute Gasteiger partial charge is 0.237 e. The van der Waals surface area contributed by atoms with E-state index in [2.05, 4.69) is 24.2 Å². The molecule has 1 N–H and O–H groups in total. The first-order valence-electron chi connectivity index (χ1n) is 5.97. The molecule has 0 radical (unpaired) electrons. The van der Waals surface area contributed by atoms with Crippen molar-refractivity contribution in [1.29, 1.82) is 5.26 Å². The maximum atomic E-state index is 11.8. The van der Waals surface area contributed by atoms with Crippen molar-refractivity contribution in [2.75, 3.05) is 20.1 Å². The van der Waals surface area contributed by atoms with Crippen LogP contribution in [0.5, 0.6) is 0 Å². The Morgan fingerprint density at radius 3 is 2.88 bits per heavy atom. The number of carbonyl (C=O) groups excluding carboxylic acids is 1. The molecule has 4 nitrogen and oxygen atoms in total. The molecule has 4 heteroatoms. The van der Waals surface area contributed by atoms with E-state index in [4.69, 9.17) is 5.26 Å². The van der Waals surface area contributed by atoms with Gasteiger partial charge in [0, 0.05) is 12.6 Å². The lowest BCUT2D eigenvalue weighted by Crippen LogP contribution is -2.50. The number of nitrogens with zero attached hydrogens (tertiary/aromatic N) is 2. The molecule has 1 saturated heterocycles. The Morgan fingerprint density at radius 2 is 2.38 bits per heavy atom. The van der Waals surface area contributed by atoms with Gasteiger partial charge in [0.1, 0.15) is 5.92 Å². The first-order chi connectivity index (χ1) is 7.58. The van der Waals surface area contributed by atoms with Crippen molar-refractivity contribution < 1.29 is 4.79 Å². The molecule has 1 aliphatic heterocycles. The normalized spacial score (nSPS) is 28.1. The molecule has 0 aromatic heterocycles. The second-order valence-electron chi connectivity index (χ2n) is 4.73. The van der Waals surface area contributed by atoms with Gasteiger partial charge in [0.2, 0.25) is 5.91 Å². The van der Waals surface area contributed by atoms with Crippen LogP contribution in [-0.4, -0.2) is 37.0 Å². The highest BCUT2D eigenvalue weighted by molar-refractivity contribution is 5.81. The predicted molar refractivity (Wildman–Crippen MR) is 62.6 cm³/mol. The highest BCUT2D eigenvalue weighted by Gasteiger charge is 2.27. The summed E-state index contributed by atoms with van der Waals surface area (Å²) in [4.78, 5) is 14.0. The van der Waals surface area contributed by atoms with E-state index in [1.54, 1.807) is 0 Å². The number of hydrogen-bond acceptors (Lipinski definition) is 3. The van der Waals surface area contributed by atoms with E-state index in [1.165, 1.54) is 0 Å². The van der Waals surface area contributed by atoms with Gasteiger partial charge in [0.05, 0.1) is 6.07 Å². The second kappa shape index (κ2) is 5.86. The van der Waals surface area contributed by atoms with Crippen molar-refractivity contribution in [1.82, 2.24) is 10.2 Å². The summed E-state index contributed by atoms with van der Waals surface area (Å²) >= 11 is 0. The summed E-state index contributed by atoms with van der Waals surface area (Å²) in [5.41, 5.74) is 0. The Bertz CT molecular complexity index is 284. The molecule has 3 atom stereocenters. The number of rotatable bonds is 3. The van der Waals surface area contributed by atoms with Crippen molar-refractivity contribution in [3.05, 3.63) is 0 Å².